The largest absolute Gasteiger partial charge is 0.347 e. The molecule has 3 rings (SSSR count). The maximum atomic E-state index is 12.0. The van der Waals surface area contributed by atoms with Gasteiger partial charge in [-0.05, 0) is 37.9 Å². The molecule has 6 nitrogen and oxygen atoms in total. The first kappa shape index (κ1) is 18.7. The molecule has 1 unspecified atom stereocenters. The first-order chi connectivity index (χ1) is 12.6. The Morgan fingerprint density at radius 2 is 1.92 bits per heavy atom. The summed E-state index contributed by atoms with van der Waals surface area (Å²) in [6.45, 7) is 5.35. The van der Waals surface area contributed by atoms with Gasteiger partial charge in [-0.1, -0.05) is 30.3 Å². The molecule has 2 saturated heterocycles. The molecular weight excluding hydrogens is 326 g/mol. The molecule has 2 aliphatic heterocycles. The van der Waals surface area contributed by atoms with Gasteiger partial charge in [0, 0.05) is 33.2 Å². The summed E-state index contributed by atoms with van der Waals surface area (Å²) in [7, 11) is 3.56. The van der Waals surface area contributed by atoms with E-state index in [-0.39, 0.29) is 12.5 Å². The molecule has 0 radical (unpaired) electrons. The van der Waals surface area contributed by atoms with Gasteiger partial charge < -0.3 is 15.1 Å². The number of rotatable bonds is 5. The molecule has 1 aromatic rings. The lowest BCUT2D eigenvalue weighted by molar-refractivity contribution is -0.127. The molecule has 1 atom stereocenters. The SMILES string of the molecule is CN(C)C(=O)CNC(=NCc1ccccc1)N1CCC(N2CCCC2)C1. The minimum atomic E-state index is 0.0627. The van der Waals surface area contributed by atoms with Crippen molar-refractivity contribution < 1.29 is 4.79 Å². The molecule has 0 spiro atoms. The number of carbonyl (C=O) groups is 1. The van der Waals surface area contributed by atoms with Crippen LogP contribution in [0.4, 0.5) is 0 Å². The standard InChI is InChI=1S/C20H31N5O/c1-23(2)19(26)15-22-20(21-14-17-8-4-3-5-9-17)25-13-10-18(16-25)24-11-6-7-12-24/h3-5,8-9,18H,6-7,10-16H2,1-2H3,(H,21,22). The van der Waals surface area contributed by atoms with E-state index in [2.05, 4.69) is 27.2 Å². The summed E-state index contributed by atoms with van der Waals surface area (Å²) in [6, 6.07) is 10.9. The van der Waals surface area contributed by atoms with Crippen LogP contribution in [0.15, 0.2) is 35.3 Å². The lowest BCUT2D eigenvalue weighted by Gasteiger charge is -2.26. The van der Waals surface area contributed by atoms with Gasteiger partial charge in [0.15, 0.2) is 5.96 Å². The number of hydrogen-bond donors (Lipinski definition) is 1. The minimum Gasteiger partial charge on any atom is -0.347 e. The molecule has 1 aromatic carbocycles. The van der Waals surface area contributed by atoms with Crippen molar-refractivity contribution in [3.05, 3.63) is 35.9 Å². The third kappa shape index (κ3) is 4.97. The second kappa shape index (κ2) is 9.03. The van der Waals surface area contributed by atoms with Gasteiger partial charge in [-0.3, -0.25) is 9.69 Å². The van der Waals surface area contributed by atoms with Gasteiger partial charge in [-0.25, -0.2) is 4.99 Å². The van der Waals surface area contributed by atoms with E-state index in [4.69, 9.17) is 4.99 Å². The molecule has 0 aliphatic carbocycles. The van der Waals surface area contributed by atoms with Crippen LogP contribution >= 0.6 is 0 Å². The van der Waals surface area contributed by atoms with Gasteiger partial charge in [0.25, 0.3) is 0 Å². The number of nitrogens with zero attached hydrogens (tertiary/aromatic N) is 4. The zero-order valence-electron chi connectivity index (χ0n) is 16.0. The van der Waals surface area contributed by atoms with Gasteiger partial charge in [0.1, 0.15) is 0 Å². The van der Waals surface area contributed by atoms with Crippen molar-refractivity contribution in [2.45, 2.75) is 31.8 Å². The Hall–Kier alpha value is -2.08. The third-order valence-corrected chi connectivity index (χ3v) is 5.27. The van der Waals surface area contributed by atoms with Crippen LogP contribution in [0.5, 0.6) is 0 Å². The van der Waals surface area contributed by atoms with Gasteiger partial charge in [0.2, 0.25) is 5.91 Å². The van der Waals surface area contributed by atoms with Crippen LogP contribution < -0.4 is 5.32 Å². The van der Waals surface area contributed by atoms with E-state index >= 15 is 0 Å². The van der Waals surface area contributed by atoms with Crippen LogP contribution in [0.3, 0.4) is 0 Å². The smallest absolute Gasteiger partial charge is 0.241 e. The molecule has 0 aromatic heterocycles. The predicted molar refractivity (Wildman–Crippen MR) is 105 cm³/mol. The Bertz CT molecular complexity index is 610. The topological polar surface area (TPSA) is 51.2 Å². The second-order valence-electron chi connectivity index (χ2n) is 7.40. The van der Waals surface area contributed by atoms with Crippen molar-refractivity contribution in [2.24, 2.45) is 4.99 Å². The molecule has 1 amide bonds. The molecule has 2 heterocycles. The number of guanidine groups is 1. The monoisotopic (exact) mass is 357 g/mol. The molecule has 0 bridgehead atoms. The lowest BCUT2D eigenvalue weighted by atomic mass is 10.2. The fourth-order valence-electron chi connectivity index (χ4n) is 3.67. The predicted octanol–water partition coefficient (Wildman–Crippen LogP) is 1.39. The second-order valence-corrected chi connectivity index (χ2v) is 7.40. The van der Waals surface area contributed by atoms with E-state index in [0.29, 0.717) is 12.6 Å². The lowest BCUT2D eigenvalue weighted by Crippen LogP contribution is -2.45. The van der Waals surface area contributed by atoms with Crippen molar-refractivity contribution >= 4 is 11.9 Å². The summed E-state index contributed by atoms with van der Waals surface area (Å²) in [5, 5.41) is 3.29. The fraction of sp³-hybridized carbons (Fsp3) is 0.600. The molecular formula is C20H31N5O. The summed E-state index contributed by atoms with van der Waals surface area (Å²) in [5.41, 5.74) is 1.18. The fourth-order valence-corrected chi connectivity index (χ4v) is 3.67. The van der Waals surface area contributed by atoms with Crippen LogP contribution in [0.1, 0.15) is 24.8 Å². The number of nitrogens with one attached hydrogen (secondary N) is 1. The van der Waals surface area contributed by atoms with Crippen LogP contribution in [0, 0.1) is 0 Å². The van der Waals surface area contributed by atoms with Gasteiger partial charge in [-0.15, -0.1) is 0 Å². The molecule has 1 N–H and O–H groups in total. The Labute approximate surface area is 156 Å². The van der Waals surface area contributed by atoms with E-state index in [9.17, 15) is 4.79 Å². The van der Waals surface area contributed by atoms with E-state index in [0.717, 1.165) is 19.0 Å². The molecule has 2 aliphatic rings. The maximum absolute atomic E-state index is 12.0. The highest BCUT2D eigenvalue weighted by atomic mass is 16.2. The number of carbonyl (C=O) groups excluding carboxylic acids is 1. The summed E-state index contributed by atoms with van der Waals surface area (Å²) in [4.78, 5) is 23.3. The highest BCUT2D eigenvalue weighted by Crippen LogP contribution is 2.20. The van der Waals surface area contributed by atoms with Gasteiger partial charge >= 0.3 is 0 Å². The zero-order valence-corrected chi connectivity index (χ0v) is 16.0. The minimum absolute atomic E-state index is 0.0627. The summed E-state index contributed by atoms with van der Waals surface area (Å²) in [5.74, 6) is 0.915. The summed E-state index contributed by atoms with van der Waals surface area (Å²) >= 11 is 0. The number of hydrogen-bond acceptors (Lipinski definition) is 3. The first-order valence-electron chi connectivity index (χ1n) is 9.65. The van der Waals surface area contributed by atoms with Crippen LogP contribution in [0.2, 0.25) is 0 Å². The normalized spacial score (nSPS) is 21.2. The molecule has 142 valence electrons. The van der Waals surface area contributed by atoms with Gasteiger partial charge in [0.05, 0.1) is 13.1 Å². The number of benzene rings is 1. The van der Waals surface area contributed by atoms with Crippen LogP contribution in [0.25, 0.3) is 0 Å². The van der Waals surface area contributed by atoms with E-state index < -0.39 is 0 Å². The van der Waals surface area contributed by atoms with E-state index in [1.165, 1.54) is 37.9 Å². The Balaban J connectivity index is 1.64. The highest BCUT2D eigenvalue weighted by molar-refractivity contribution is 5.86. The molecule has 6 heteroatoms. The van der Waals surface area contributed by atoms with Crippen molar-refractivity contribution in [2.75, 3.05) is 46.8 Å². The average Bonchev–Trinajstić information content (AvgIpc) is 3.33. The quantitative estimate of drug-likeness (QED) is 0.639. The zero-order chi connectivity index (χ0) is 18.4. The Morgan fingerprint density at radius 1 is 1.19 bits per heavy atom. The summed E-state index contributed by atoms with van der Waals surface area (Å²) < 4.78 is 0. The highest BCUT2D eigenvalue weighted by Gasteiger charge is 2.30. The molecule has 2 fully saturated rings. The van der Waals surface area contributed by atoms with E-state index in [1.807, 2.05) is 18.2 Å². The Kier molecular flexibility index (Phi) is 6.50. The van der Waals surface area contributed by atoms with Crippen LogP contribution in [-0.4, -0.2) is 79.4 Å². The van der Waals surface area contributed by atoms with Crippen molar-refractivity contribution in [3.8, 4) is 0 Å². The number of likely N-dealkylation sites (N-methyl/N-ethyl adjacent to an activating group) is 1. The van der Waals surface area contributed by atoms with Crippen molar-refractivity contribution in [1.29, 1.82) is 0 Å². The van der Waals surface area contributed by atoms with Crippen molar-refractivity contribution in [1.82, 2.24) is 20.0 Å². The Morgan fingerprint density at radius 3 is 2.62 bits per heavy atom. The number of amides is 1. The molecule has 0 saturated carbocycles. The maximum Gasteiger partial charge on any atom is 0.241 e. The van der Waals surface area contributed by atoms with Crippen LogP contribution in [-0.2, 0) is 11.3 Å². The molecule has 26 heavy (non-hydrogen) atoms. The third-order valence-electron chi connectivity index (χ3n) is 5.27. The van der Waals surface area contributed by atoms with Crippen molar-refractivity contribution in [3.63, 3.8) is 0 Å². The van der Waals surface area contributed by atoms with E-state index in [1.54, 1.807) is 19.0 Å². The summed E-state index contributed by atoms with van der Waals surface area (Å²) in [6.07, 6.45) is 3.82. The number of aliphatic imine (C=N–C) groups is 1. The van der Waals surface area contributed by atoms with Gasteiger partial charge in [-0.2, -0.15) is 0 Å². The first-order valence-corrected chi connectivity index (χ1v) is 9.65. The number of likely N-dealkylation sites (tertiary alicyclic amines) is 2. The average molecular weight is 358 g/mol.